The number of carbonyl (C=O) groups is 11. The Morgan fingerprint density at radius 2 is 0.923 bits per heavy atom. The van der Waals surface area contributed by atoms with Gasteiger partial charge in [-0.2, -0.15) is 0 Å². The number of imide groups is 1. The van der Waals surface area contributed by atoms with Crippen LogP contribution in [0.4, 0.5) is 14.4 Å². The van der Waals surface area contributed by atoms with Crippen LogP contribution < -0.4 is 52.0 Å². The fraction of sp³-hybridized carbons (Fsp3) is 0.608. The van der Waals surface area contributed by atoms with Crippen LogP contribution in [0.3, 0.4) is 0 Å². The van der Waals surface area contributed by atoms with Crippen molar-refractivity contribution in [2.75, 3.05) is 79.7 Å². The van der Waals surface area contributed by atoms with Crippen molar-refractivity contribution in [1.29, 1.82) is 0 Å². The summed E-state index contributed by atoms with van der Waals surface area (Å²) in [5, 5.41) is 21.3. The number of hydrogen-bond acceptors (Lipinski definition) is 21. The molecule has 0 radical (unpaired) electrons. The molecule has 8 N–H and O–H groups in total. The standard InChI is InChI=1S/C74H111N9O21/c1-47(2)41-56(82-71(93)103-73(8,9)10)65(87)79-55(27-21-22-30-75-70(92)102-46-53-25-19-16-20-26-53)64(86)76-50(6)63(85)80-57(43-52-23-17-15-18-24-52)66(88)81-58(42-48(3)4)68(90)83(72(94)104-74(11,12)13)59(67(89)77-49(5)62(84)78-51(7)69(91)95-14)44-54-28-29-60-61(45-54)101-40-38-99-36-34-97-32-31-96-33-35-98-37-39-100-60/h15-20,23-26,28-29,45,47-51,55-59H,21-22,27,30-44,46H2,1-14H3,(H,75,92)(H,76,86)(H,77,89)(H,78,84)(H,79,87)(H,80,85)(H,81,88)(H,82,93)/t49-,50-,51-,55-,56-,57-,58-,59-/m0/s1. The Hall–Kier alpha value is -9.13. The fourth-order valence-corrected chi connectivity index (χ4v) is 10.3. The number of alkyl carbamates (subject to hydrolysis) is 2. The highest BCUT2D eigenvalue weighted by molar-refractivity contribution is 6.03. The molecule has 1 aliphatic rings. The predicted octanol–water partition coefficient (Wildman–Crippen LogP) is 5.67. The minimum absolute atomic E-state index is 0.0121. The molecule has 4 rings (SSSR count). The van der Waals surface area contributed by atoms with Gasteiger partial charge in [0.25, 0.3) is 5.91 Å². The Labute approximate surface area is 610 Å². The minimum Gasteiger partial charge on any atom is -0.487 e. The van der Waals surface area contributed by atoms with Crippen molar-refractivity contribution < 1.29 is 100 Å². The summed E-state index contributed by atoms with van der Waals surface area (Å²) in [6.45, 7) is 23.3. The highest BCUT2D eigenvalue weighted by Gasteiger charge is 2.43. The van der Waals surface area contributed by atoms with E-state index in [1.807, 2.05) is 44.2 Å². The molecule has 0 aliphatic carbocycles. The molecule has 104 heavy (non-hydrogen) atoms. The number of nitrogens with one attached hydrogen (secondary N) is 8. The topological polar surface area (TPSA) is 380 Å². The predicted molar refractivity (Wildman–Crippen MR) is 383 cm³/mol. The molecule has 10 amide bonds. The highest BCUT2D eigenvalue weighted by Crippen LogP contribution is 2.31. The number of ether oxygens (including phenoxy) is 10. The molecule has 1 aliphatic heterocycles. The van der Waals surface area contributed by atoms with Crippen LogP contribution in [0, 0.1) is 11.8 Å². The van der Waals surface area contributed by atoms with Gasteiger partial charge in [-0.3, -0.25) is 33.6 Å². The molecule has 0 spiro atoms. The van der Waals surface area contributed by atoms with Crippen molar-refractivity contribution in [3.63, 3.8) is 0 Å². The summed E-state index contributed by atoms with van der Waals surface area (Å²) in [6, 6.07) is 10.9. The molecule has 0 fully saturated rings. The molecule has 3 aromatic rings. The van der Waals surface area contributed by atoms with E-state index in [4.69, 9.17) is 47.4 Å². The van der Waals surface area contributed by atoms with Crippen LogP contribution in [-0.4, -0.2) is 210 Å². The lowest BCUT2D eigenvalue weighted by Gasteiger charge is -2.35. The quantitative estimate of drug-likeness (QED) is 0.0219. The number of esters is 1. The summed E-state index contributed by atoms with van der Waals surface area (Å²) >= 11 is 0. The van der Waals surface area contributed by atoms with Crippen molar-refractivity contribution in [2.45, 2.75) is 201 Å². The number of nitrogens with zero attached hydrogens (tertiary/aromatic N) is 1. The number of amides is 10. The summed E-state index contributed by atoms with van der Waals surface area (Å²) in [4.78, 5) is 157. The third-order valence-corrected chi connectivity index (χ3v) is 15.4. The smallest absolute Gasteiger partial charge is 0.417 e. The summed E-state index contributed by atoms with van der Waals surface area (Å²) in [5.41, 5.74) is -0.567. The van der Waals surface area contributed by atoms with Gasteiger partial charge in [0.1, 0.15) is 79.4 Å². The summed E-state index contributed by atoms with van der Waals surface area (Å²) in [7, 11) is 1.14. The zero-order valence-electron chi connectivity index (χ0n) is 62.7. The van der Waals surface area contributed by atoms with Gasteiger partial charge in [0.05, 0.1) is 60.0 Å². The van der Waals surface area contributed by atoms with E-state index in [-0.39, 0.29) is 102 Å². The van der Waals surface area contributed by atoms with Gasteiger partial charge >= 0.3 is 24.2 Å². The number of carbonyl (C=O) groups excluding carboxylic acids is 11. The molecular formula is C74H111N9O21. The maximum atomic E-state index is 15.8. The van der Waals surface area contributed by atoms with Crippen LogP contribution >= 0.6 is 0 Å². The van der Waals surface area contributed by atoms with Gasteiger partial charge in [-0.15, -0.1) is 0 Å². The zero-order chi connectivity index (χ0) is 76.9. The molecule has 0 aromatic heterocycles. The maximum Gasteiger partial charge on any atom is 0.417 e. The molecule has 0 saturated heterocycles. The zero-order valence-corrected chi connectivity index (χ0v) is 62.7. The van der Waals surface area contributed by atoms with E-state index >= 15 is 19.2 Å². The van der Waals surface area contributed by atoms with E-state index in [0.717, 1.165) is 12.7 Å². The molecule has 578 valence electrons. The number of hydrogen-bond donors (Lipinski definition) is 8. The molecule has 30 heteroatoms. The molecule has 0 saturated carbocycles. The minimum atomic E-state index is -1.87. The average Bonchev–Trinajstić information content (AvgIpc) is 0.796. The number of rotatable bonds is 31. The van der Waals surface area contributed by atoms with Crippen LogP contribution in [0.2, 0.25) is 0 Å². The van der Waals surface area contributed by atoms with Gasteiger partial charge in [-0.05, 0) is 135 Å². The number of fused-ring (bicyclic) bond motifs is 1. The lowest BCUT2D eigenvalue weighted by molar-refractivity contribution is -0.145. The molecule has 3 aromatic carbocycles. The molecule has 1 heterocycles. The van der Waals surface area contributed by atoms with Crippen LogP contribution in [-0.2, 0) is 95.7 Å². The van der Waals surface area contributed by atoms with Gasteiger partial charge < -0.3 is 89.9 Å². The second kappa shape index (κ2) is 45.2. The number of benzene rings is 3. The van der Waals surface area contributed by atoms with Crippen LogP contribution in [0.1, 0.15) is 139 Å². The highest BCUT2D eigenvalue weighted by atomic mass is 16.6. The van der Waals surface area contributed by atoms with Gasteiger partial charge in [0, 0.05) is 19.4 Å². The Kier molecular flexibility index (Phi) is 37.9. The summed E-state index contributed by atoms with van der Waals surface area (Å²) < 4.78 is 56.3. The molecule has 30 nitrogen and oxygen atoms in total. The first kappa shape index (κ1) is 87.3. The number of methoxy groups -OCH3 is 1. The van der Waals surface area contributed by atoms with Crippen LogP contribution in [0.5, 0.6) is 11.5 Å². The van der Waals surface area contributed by atoms with Gasteiger partial charge in [0.2, 0.25) is 35.4 Å². The Bertz CT molecular complexity index is 3220. The Morgan fingerprint density at radius 3 is 1.47 bits per heavy atom. The van der Waals surface area contributed by atoms with Crippen molar-refractivity contribution in [1.82, 2.24) is 47.4 Å². The molecule has 0 bridgehead atoms. The second-order valence-corrected chi connectivity index (χ2v) is 27.9. The van der Waals surface area contributed by atoms with E-state index in [0.29, 0.717) is 48.9 Å². The monoisotopic (exact) mass is 1460 g/mol. The normalized spacial score (nSPS) is 15.7. The first-order valence-corrected chi connectivity index (χ1v) is 35.4. The summed E-state index contributed by atoms with van der Waals surface area (Å²) in [5.74, 6) is -7.20. The third-order valence-electron chi connectivity index (χ3n) is 15.4. The SMILES string of the molecule is COC(=O)[C@H](C)NC(=O)[C@H](C)NC(=O)[C@H](Cc1ccc2c(c1)OCCOCCOCCOCCOCCO2)N(C(=O)OC(C)(C)C)C(=O)[C@H](CC(C)C)NC(=O)[C@H](Cc1ccccc1)NC(=O)[C@H](C)NC(=O)[C@H](CCCCNC(=O)OCc1ccccc1)NC(=O)[C@H](CC(C)C)NC(=O)OC(C)(C)C. The van der Waals surface area contributed by atoms with E-state index in [1.54, 1.807) is 104 Å². The number of unbranched alkanes of at least 4 members (excludes halogenated alkanes) is 1. The molecular weight excluding hydrogens is 1350 g/mol. The second-order valence-electron chi connectivity index (χ2n) is 27.9. The van der Waals surface area contributed by atoms with Crippen molar-refractivity contribution in [3.05, 3.63) is 95.6 Å². The van der Waals surface area contributed by atoms with E-state index in [1.165, 1.54) is 20.8 Å². The largest absolute Gasteiger partial charge is 0.487 e. The first-order chi connectivity index (χ1) is 49.2. The first-order valence-electron chi connectivity index (χ1n) is 35.4. The van der Waals surface area contributed by atoms with Gasteiger partial charge in [-0.25, -0.2) is 24.1 Å². The van der Waals surface area contributed by atoms with Crippen molar-refractivity contribution >= 4 is 65.6 Å². The fourth-order valence-electron chi connectivity index (χ4n) is 10.3. The molecule has 8 atom stereocenters. The lowest BCUT2D eigenvalue weighted by Crippen LogP contribution is -2.62. The van der Waals surface area contributed by atoms with E-state index in [9.17, 15) is 33.6 Å². The van der Waals surface area contributed by atoms with Gasteiger partial charge in [0.15, 0.2) is 11.5 Å². The third kappa shape index (κ3) is 34.0. The van der Waals surface area contributed by atoms with Crippen molar-refractivity contribution in [2.24, 2.45) is 11.8 Å². The van der Waals surface area contributed by atoms with Gasteiger partial charge in [-0.1, -0.05) is 94.4 Å². The maximum absolute atomic E-state index is 15.8. The summed E-state index contributed by atoms with van der Waals surface area (Å²) in [6.07, 6.45) is -2.94. The Morgan fingerprint density at radius 1 is 0.452 bits per heavy atom. The average molecular weight is 1460 g/mol. The lowest BCUT2D eigenvalue weighted by atomic mass is 9.98. The van der Waals surface area contributed by atoms with Crippen LogP contribution in [0.15, 0.2) is 78.9 Å². The Balaban J connectivity index is 1.74. The van der Waals surface area contributed by atoms with E-state index in [2.05, 4.69) is 42.5 Å². The van der Waals surface area contributed by atoms with Crippen molar-refractivity contribution in [3.8, 4) is 11.5 Å². The molecule has 0 unspecified atom stereocenters. The van der Waals surface area contributed by atoms with E-state index < -0.39 is 137 Å². The van der Waals surface area contributed by atoms with Crippen LogP contribution in [0.25, 0.3) is 0 Å².